The number of methoxy groups -OCH3 is 1. The first kappa shape index (κ1) is 20.3. The molecule has 1 heterocycles. The highest BCUT2D eigenvalue weighted by molar-refractivity contribution is 5.92. The lowest BCUT2D eigenvalue weighted by atomic mass is 9.79. The molecule has 0 atom stereocenters. The number of nitriles is 1. The number of carbonyl (C=O) groups is 1. The zero-order valence-electron chi connectivity index (χ0n) is 18.0. The van der Waals surface area contributed by atoms with Crippen LogP contribution in [-0.2, 0) is 24.2 Å². The van der Waals surface area contributed by atoms with E-state index in [1.54, 1.807) is 13.2 Å². The summed E-state index contributed by atoms with van der Waals surface area (Å²) in [5.41, 5.74) is 5.13. The third-order valence-corrected chi connectivity index (χ3v) is 6.12. The Morgan fingerprint density at radius 1 is 1.17 bits per heavy atom. The van der Waals surface area contributed by atoms with Crippen molar-refractivity contribution in [3.8, 4) is 11.8 Å². The van der Waals surface area contributed by atoms with Crippen molar-refractivity contribution in [2.24, 2.45) is 5.41 Å². The van der Waals surface area contributed by atoms with Crippen molar-refractivity contribution in [3.63, 3.8) is 0 Å². The second kappa shape index (κ2) is 8.02. The molecule has 5 heteroatoms. The van der Waals surface area contributed by atoms with Gasteiger partial charge in [-0.3, -0.25) is 4.79 Å². The minimum absolute atomic E-state index is 0.0754. The van der Waals surface area contributed by atoms with Crippen LogP contribution in [0.4, 0.5) is 5.82 Å². The molecule has 0 bridgehead atoms. The SMILES string of the molecule is COc1ccc(Cn2c3c(c(C#N)c2NC2=CC(=O)CC(C)(C)C2)CCCC3)cc1. The number of aromatic nitrogens is 1. The van der Waals surface area contributed by atoms with Gasteiger partial charge in [0.15, 0.2) is 5.78 Å². The van der Waals surface area contributed by atoms with Gasteiger partial charge in [0.2, 0.25) is 0 Å². The largest absolute Gasteiger partial charge is 0.497 e. The highest BCUT2D eigenvalue weighted by Gasteiger charge is 2.30. The summed E-state index contributed by atoms with van der Waals surface area (Å²) in [6.45, 7) is 4.92. The van der Waals surface area contributed by atoms with Crippen LogP contribution in [0.1, 0.15) is 61.9 Å². The van der Waals surface area contributed by atoms with Gasteiger partial charge in [-0.15, -0.1) is 0 Å². The average molecular weight is 404 g/mol. The molecule has 0 amide bonds. The van der Waals surface area contributed by atoms with E-state index in [1.807, 2.05) is 12.1 Å². The molecule has 0 unspecified atom stereocenters. The molecule has 0 aliphatic heterocycles. The summed E-state index contributed by atoms with van der Waals surface area (Å²) in [6, 6.07) is 10.5. The molecule has 2 aliphatic rings. The number of nitrogens with one attached hydrogen (secondary N) is 1. The Bertz CT molecular complexity index is 1040. The first-order valence-electron chi connectivity index (χ1n) is 10.7. The Hall–Kier alpha value is -3.00. The third-order valence-electron chi connectivity index (χ3n) is 6.12. The molecule has 1 aromatic heterocycles. The van der Waals surface area contributed by atoms with Crippen LogP contribution in [0, 0.1) is 16.7 Å². The quantitative estimate of drug-likeness (QED) is 0.764. The average Bonchev–Trinajstić information content (AvgIpc) is 2.99. The zero-order chi connectivity index (χ0) is 21.3. The topological polar surface area (TPSA) is 67.1 Å². The van der Waals surface area contributed by atoms with Gasteiger partial charge in [-0.05, 0) is 60.8 Å². The Balaban J connectivity index is 1.75. The van der Waals surface area contributed by atoms with E-state index in [0.29, 0.717) is 13.0 Å². The summed E-state index contributed by atoms with van der Waals surface area (Å²) in [5, 5.41) is 13.5. The summed E-state index contributed by atoms with van der Waals surface area (Å²) >= 11 is 0. The number of benzene rings is 1. The summed E-state index contributed by atoms with van der Waals surface area (Å²) in [7, 11) is 1.67. The number of carbonyl (C=O) groups excluding carboxylic acids is 1. The van der Waals surface area contributed by atoms with E-state index in [9.17, 15) is 10.1 Å². The van der Waals surface area contributed by atoms with E-state index < -0.39 is 0 Å². The lowest BCUT2D eigenvalue weighted by molar-refractivity contribution is -0.117. The van der Waals surface area contributed by atoms with Crippen molar-refractivity contribution in [1.82, 2.24) is 4.57 Å². The molecular formula is C25H29N3O2. The van der Waals surface area contributed by atoms with E-state index in [-0.39, 0.29) is 11.2 Å². The number of anilines is 1. The molecule has 4 rings (SSSR count). The summed E-state index contributed by atoms with van der Waals surface area (Å²) < 4.78 is 7.54. The van der Waals surface area contributed by atoms with E-state index >= 15 is 0 Å². The maximum Gasteiger partial charge on any atom is 0.157 e. The van der Waals surface area contributed by atoms with Crippen molar-refractivity contribution in [1.29, 1.82) is 5.26 Å². The van der Waals surface area contributed by atoms with E-state index in [4.69, 9.17) is 4.74 Å². The van der Waals surface area contributed by atoms with Crippen LogP contribution in [0.3, 0.4) is 0 Å². The van der Waals surface area contributed by atoms with Crippen molar-refractivity contribution in [3.05, 3.63) is 58.4 Å². The number of fused-ring (bicyclic) bond motifs is 1. The highest BCUT2D eigenvalue weighted by Crippen LogP contribution is 2.38. The van der Waals surface area contributed by atoms with Crippen LogP contribution in [0.2, 0.25) is 0 Å². The minimum atomic E-state index is -0.0754. The molecule has 1 aromatic carbocycles. The molecule has 5 nitrogen and oxygen atoms in total. The van der Waals surface area contributed by atoms with E-state index in [0.717, 1.165) is 60.5 Å². The normalized spacial score (nSPS) is 17.7. The zero-order valence-corrected chi connectivity index (χ0v) is 18.0. The van der Waals surface area contributed by atoms with Crippen molar-refractivity contribution >= 4 is 11.6 Å². The molecule has 30 heavy (non-hydrogen) atoms. The molecule has 0 spiro atoms. The van der Waals surface area contributed by atoms with Gasteiger partial charge in [0.05, 0.1) is 12.7 Å². The molecule has 0 fully saturated rings. The van der Waals surface area contributed by atoms with Crippen LogP contribution in [0.5, 0.6) is 5.75 Å². The third kappa shape index (κ3) is 4.00. The van der Waals surface area contributed by atoms with Gasteiger partial charge in [0.25, 0.3) is 0 Å². The second-order valence-corrected chi connectivity index (χ2v) is 9.18. The van der Waals surface area contributed by atoms with Gasteiger partial charge in [-0.25, -0.2) is 0 Å². The summed E-state index contributed by atoms with van der Waals surface area (Å²) in [4.78, 5) is 12.3. The van der Waals surface area contributed by atoms with E-state index in [1.165, 1.54) is 11.3 Å². The fourth-order valence-corrected chi connectivity index (χ4v) is 4.79. The molecule has 0 saturated carbocycles. The van der Waals surface area contributed by atoms with Gasteiger partial charge in [-0.1, -0.05) is 26.0 Å². The first-order valence-corrected chi connectivity index (χ1v) is 10.7. The minimum Gasteiger partial charge on any atom is -0.497 e. The highest BCUT2D eigenvalue weighted by atomic mass is 16.5. The van der Waals surface area contributed by atoms with Gasteiger partial charge < -0.3 is 14.6 Å². The molecular weight excluding hydrogens is 374 g/mol. The Kier molecular flexibility index (Phi) is 5.42. The van der Waals surface area contributed by atoms with E-state index in [2.05, 4.69) is 41.9 Å². The monoisotopic (exact) mass is 403 g/mol. The molecule has 2 aliphatic carbocycles. The molecule has 0 saturated heterocycles. The number of allylic oxidation sites excluding steroid dienone is 2. The van der Waals surface area contributed by atoms with Gasteiger partial charge >= 0.3 is 0 Å². The summed E-state index contributed by atoms with van der Waals surface area (Å²) in [5.74, 6) is 1.81. The molecule has 1 N–H and O–H groups in total. The second-order valence-electron chi connectivity index (χ2n) is 9.18. The first-order chi connectivity index (χ1) is 14.4. The Labute approximate surface area is 178 Å². The Morgan fingerprint density at radius 2 is 1.90 bits per heavy atom. The maximum absolute atomic E-state index is 12.3. The van der Waals surface area contributed by atoms with Crippen LogP contribution in [0.15, 0.2) is 36.0 Å². The lowest BCUT2D eigenvalue weighted by Crippen LogP contribution is -2.25. The number of hydrogen-bond donors (Lipinski definition) is 1. The maximum atomic E-state index is 12.3. The predicted molar refractivity (Wildman–Crippen MR) is 118 cm³/mol. The number of rotatable bonds is 5. The van der Waals surface area contributed by atoms with Crippen LogP contribution >= 0.6 is 0 Å². The lowest BCUT2D eigenvalue weighted by Gasteiger charge is -2.29. The van der Waals surface area contributed by atoms with Gasteiger partial charge in [0, 0.05) is 30.4 Å². The van der Waals surface area contributed by atoms with Gasteiger partial charge in [0.1, 0.15) is 17.6 Å². The number of nitrogens with zero attached hydrogens (tertiary/aromatic N) is 2. The number of ketones is 1. The Morgan fingerprint density at radius 3 is 2.57 bits per heavy atom. The fourth-order valence-electron chi connectivity index (χ4n) is 4.79. The molecule has 156 valence electrons. The van der Waals surface area contributed by atoms with Gasteiger partial charge in [-0.2, -0.15) is 5.26 Å². The predicted octanol–water partition coefficient (Wildman–Crippen LogP) is 4.98. The van der Waals surface area contributed by atoms with Crippen molar-refractivity contribution < 1.29 is 9.53 Å². The number of ether oxygens (including phenoxy) is 1. The smallest absolute Gasteiger partial charge is 0.157 e. The summed E-state index contributed by atoms with van der Waals surface area (Å²) in [6.07, 6.45) is 7.24. The molecule has 2 aromatic rings. The number of hydrogen-bond acceptors (Lipinski definition) is 4. The standard InChI is InChI=1S/C25H29N3O2/c1-25(2)13-18(12-19(29)14-25)27-24-22(15-26)21-6-4-5-7-23(21)28(24)16-17-8-10-20(30-3)11-9-17/h8-12,27H,4-7,13-14,16H2,1-3H3. The fraction of sp³-hybridized carbons (Fsp3) is 0.440. The van der Waals surface area contributed by atoms with Crippen molar-refractivity contribution in [2.75, 3.05) is 12.4 Å². The molecule has 0 radical (unpaired) electrons. The van der Waals surface area contributed by atoms with Crippen LogP contribution in [-0.4, -0.2) is 17.5 Å². The van der Waals surface area contributed by atoms with Crippen LogP contribution in [0.25, 0.3) is 0 Å². The van der Waals surface area contributed by atoms with Crippen molar-refractivity contribution in [2.45, 2.75) is 58.9 Å². The van der Waals surface area contributed by atoms with Crippen LogP contribution < -0.4 is 10.1 Å².